The van der Waals surface area contributed by atoms with Crippen LogP contribution in [0.5, 0.6) is 0 Å². The van der Waals surface area contributed by atoms with Gasteiger partial charge in [-0.2, -0.15) is 0 Å². The summed E-state index contributed by atoms with van der Waals surface area (Å²) in [6.45, 7) is 6.65. The van der Waals surface area contributed by atoms with Gasteiger partial charge in [0.05, 0.1) is 0 Å². The molecule has 4 nitrogen and oxygen atoms in total. The lowest BCUT2D eigenvalue weighted by molar-refractivity contribution is 0.391. The maximum absolute atomic E-state index is 12.3. The fourth-order valence-electron chi connectivity index (χ4n) is 2.17. The van der Waals surface area contributed by atoms with Gasteiger partial charge < -0.3 is 5.73 Å². The molecule has 1 heterocycles. The molecule has 19 heavy (non-hydrogen) atoms. The molecular weight excluding hydrogens is 280 g/mol. The second kappa shape index (κ2) is 7.38. The van der Waals surface area contributed by atoms with Crippen molar-refractivity contribution < 1.29 is 8.42 Å². The average molecular weight is 304 g/mol. The van der Waals surface area contributed by atoms with E-state index in [1.54, 1.807) is 6.07 Å². The molecule has 0 aromatic carbocycles. The summed E-state index contributed by atoms with van der Waals surface area (Å²) in [5.74, 6) is 0.373. The van der Waals surface area contributed by atoms with Gasteiger partial charge in [-0.3, -0.25) is 0 Å². The molecule has 0 fully saturated rings. The highest BCUT2D eigenvalue weighted by atomic mass is 32.2. The molecule has 0 aliphatic heterocycles. The zero-order valence-corrected chi connectivity index (χ0v) is 13.5. The van der Waals surface area contributed by atoms with Crippen LogP contribution in [0.1, 0.15) is 38.5 Å². The number of hydrogen-bond acceptors (Lipinski definition) is 4. The van der Waals surface area contributed by atoms with E-state index in [0.717, 1.165) is 24.1 Å². The van der Waals surface area contributed by atoms with Gasteiger partial charge in [-0.05, 0) is 37.9 Å². The minimum atomic E-state index is -3.39. The number of nitrogens with two attached hydrogens (primary N) is 1. The SMILES string of the molecule is CCC(CC)C(C)NS(=O)(=O)c1ccc(CCN)s1. The Kier molecular flexibility index (Phi) is 6.46. The van der Waals surface area contributed by atoms with E-state index in [-0.39, 0.29) is 6.04 Å². The zero-order chi connectivity index (χ0) is 14.5. The van der Waals surface area contributed by atoms with E-state index in [9.17, 15) is 8.42 Å². The normalized spacial score (nSPS) is 13.9. The quantitative estimate of drug-likeness (QED) is 0.774. The van der Waals surface area contributed by atoms with Gasteiger partial charge in [0.2, 0.25) is 10.0 Å². The highest BCUT2D eigenvalue weighted by Gasteiger charge is 2.23. The van der Waals surface area contributed by atoms with E-state index in [1.165, 1.54) is 11.3 Å². The standard InChI is InChI=1S/C13H24N2O2S2/c1-4-11(5-2)10(3)15-19(16,17)13-7-6-12(18-13)8-9-14/h6-7,10-11,15H,4-5,8-9,14H2,1-3H3. The van der Waals surface area contributed by atoms with Crippen LogP contribution in [0.25, 0.3) is 0 Å². The first-order chi connectivity index (χ1) is 8.94. The molecule has 110 valence electrons. The van der Waals surface area contributed by atoms with Crippen molar-refractivity contribution in [2.75, 3.05) is 6.54 Å². The van der Waals surface area contributed by atoms with Crippen molar-refractivity contribution in [2.24, 2.45) is 11.7 Å². The summed E-state index contributed by atoms with van der Waals surface area (Å²) < 4.78 is 27.7. The molecule has 1 atom stereocenters. The number of rotatable bonds is 8. The van der Waals surface area contributed by atoms with Gasteiger partial charge in [-0.15, -0.1) is 11.3 Å². The number of sulfonamides is 1. The highest BCUT2D eigenvalue weighted by Crippen LogP contribution is 2.23. The maximum atomic E-state index is 12.3. The molecule has 1 rings (SSSR count). The van der Waals surface area contributed by atoms with Crippen LogP contribution in [0.15, 0.2) is 16.3 Å². The molecule has 0 saturated carbocycles. The van der Waals surface area contributed by atoms with Crippen molar-refractivity contribution in [3.8, 4) is 0 Å². The van der Waals surface area contributed by atoms with Crippen molar-refractivity contribution in [2.45, 2.75) is 50.3 Å². The summed E-state index contributed by atoms with van der Waals surface area (Å²) in [7, 11) is -3.39. The van der Waals surface area contributed by atoms with Crippen LogP contribution in [0.2, 0.25) is 0 Å². The first-order valence-electron chi connectivity index (χ1n) is 6.75. The minimum absolute atomic E-state index is 0.0416. The third-order valence-corrected chi connectivity index (χ3v) is 6.59. The Hall–Kier alpha value is -0.430. The first kappa shape index (κ1) is 16.6. The van der Waals surface area contributed by atoms with E-state index in [2.05, 4.69) is 18.6 Å². The molecular formula is C13H24N2O2S2. The van der Waals surface area contributed by atoms with E-state index < -0.39 is 10.0 Å². The summed E-state index contributed by atoms with van der Waals surface area (Å²) in [6, 6.07) is 3.46. The second-order valence-electron chi connectivity index (χ2n) is 4.75. The maximum Gasteiger partial charge on any atom is 0.250 e. The third kappa shape index (κ3) is 4.56. The largest absolute Gasteiger partial charge is 0.330 e. The number of thiophene rings is 1. The van der Waals surface area contributed by atoms with Crippen molar-refractivity contribution in [3.05, 3.63) is 17.0 Å². The topological polar surface area (TPSA) is 72.2 Å². The van der Waals surface area contributed by atoms with Gasteiger partial charge in [0.1, 0.15) is 4.21 Å². The molecule has 1 aromatic rings. The minimum Gasteiger partial charge on any atom is -0.330 e. The summed E-state index contributed by atoms with van der Waals surface area (Å²) in [5, 5.41) is 0. The van der Waals surface area contributed by atoms with Crippen molar-refractivity contribution in [1.82, 2.24) is 4.72 Å². The molecule has 6 heteroatoms. The number of hydrogen-bond donors (Lipinski definition) is 2. The Morgan fingerprint density at radius 3 is 2.47 bits per heavy atom. The highest BCUT2D eigenvalue weighted by molar-refractivity contribution is 7.91. The van der Waals surface area contributed by atoms with Crippen LogP contribution in [0.4, 0.5) is 0 Å². The van der Waals surface area contributed by atoms with Crippen molar-refractivity contribution >= 4 is 21.4 Å². The summed E-state index contributed by atoms with van der Waals surface area (Å²) in [6.07, 6.45) is 2.67. The Morgan fingerprint density at radius 1 is 1.32 bits per heavy atom. The van der Waals surface area contributed by atoms with Gasteiger partial charge in [0.25, 0.3) is 0 Å². The Morgan fingerprint density at radius 2 is 1.95 bits per heavy atom. The molecule has 0 aliphatic carbocycles. The lowest BCUT2D eigenvalue weighted by atomic mass is 9.96. The molecule has 3 N–H and O–H groups in total. The molecule has 0 aliphatic rings. The van der Waals surface area contributed by atoms with E-state index >= 15 is 0 Å². The fourth-order valence-corrected chi connectivity index (χ4v) is 4.87. The molecule has 0 saturated heterocycles. The Bertz CT molecular complexity index is 479. The van der Waals surface area contributed by atoms with Crippen molar-refractivity contribution in [3.63, 3.8) is 0 Å². The first-order valence-corrected chi connectivity index (χ1v) is 9.05. The van der Waals surface area contributed by atoms with Crippen LogP contribution in [0.3, 0.4) is 0 Å². The van der Waals surface area contributed by atoms with Crippen molar-refractivity contribution in [1.29, 1.82) is 0 Å². The monoisotopic (exact) mass is 304 g/mol. The van der Waals surface area contributed by atoms with Crippen LogP contribution >= 0.6 is 11.3 Å². The zero-order valence-electron chi connectivity index (χ0n) is 11.8. The smallest absolute Gasteiger partial charge is 0.250 e. The summed E-state index contributed by atoms with van der Waals surface area (Å²) >= 11 is 1.30. The van der Waals surface area contributed by atoms with Gasteiger partial charge in [-0.1, -0.05) is 26.7 Å². The van der Waals surface area contributed by atoms with E-state index in [1.807, 2.05) is 13.0 Å². The molecule has 0 amide bonds. The summed E-state index contributed by atoms with van der Waals surface area (Å²) in [4.78, 5) is 1.01. The molecule has 0 bridgehead atoms. The van der Waals surface area contributed by atoms with Crippen LogP contribution in [0, 0.1) is 5.92 Å². The van der Waals surface area contributed by atoms with Gasteiger partial charge >= 0.3 is 0 Å². The molecule has 1 aromatic heterocycles. The lowest BCUT2D eigenvalue weighted by Gasteiger charge is -2.21. The van der Waals surface area contributed by atoms with Gasteiger partial charge in [-0.25, -0.2) is 13.1 Å². The lowest BCUT2D eigenvalue weighted by Crippen LogP contribution is -2.37. The van der Waals surface area contributed by atoms with Gasteiger partial charge in [0.15, 0.2) is 0 Å². The van der Waals surface area contributed by atoms with Crippen LogP contribution in [-0.4, -0.2) is 21.0 Å². The molecule has 1 unspecified atom stereocenters. The Labute approximate surface area is 120 Å². The predicted molar refractivity (Wildman–Crippen MR) is 80.9 cm³/mol. The third-order valence-electron chi connectivity index (χ3n) is 3.39. The van der Waals surface area contributed by atoms with E-state index in [4.69, 9.17) is 5.73 Å². The van der Waals surface area contributed by atoms with Gasteiger partial charge in [0, 0.05) is 10.9 Å². The molecule has 0 spiro atoms. The number of nitrogens with one attached hydrogen (secondary N) is 1. The van der Waals surface area contributed by atoms with Crippen LogP contribution < -0.4 is 10.5 Å². The fraction of sp³-hybridized carbons (Fsp3) is 0.692. The predicted octanol–water partition coefficient (Wildman–Crippen LogP) is 2.35. The second-order valence-corrected chi connectivity index (χ2v) is 7.86. The summed E-state index contributed by atoms with van der Waals surface area (Å²) in [5.41, 5.74) is 5.48. The average Bonchev–Trinajstić information content (AvgIpc) is 2.80. The van der Waals surface area contributed by atoms with E-state index in [0.29, 0.717) is 16.7 Å². The van der Waals surface area contributed by atoms with Crippen LogP contribution in [-0.2, 0) is 16.4 Å². The molecule has 0 radical (unpaired) electrons. The Balaban J connectivity index is 2.79.